The average Bonchev–Trinajstić information content (AvgIpc) is 2.66. The van der Waals surface area contributed by atoms with Crippen LogP contribution < -0.4 is 0 Å². The van der Waals surface area contributed by atoms with E-state index in [0.717, 1.165) is 12.1 Å². The standard InChI is InChI=1S/C23H31N/c1-2-24-22(18-16-20-10-5-3-6-11-20)14-9-15-23(24)19-17-21-12-7-4-8-13-21/h3-8,10-13,22-23H,2,9,14-19H2,1H3. The smallest absolute Gasteiger partial charge is 0.0101 e. The molecule has 0 spiro atoms. The summed E-state index contributed by atoms with van der Waals surface area (Å²) in [6, 6.07) is 23.5. The minimum atomic E-state index is 0.768. The second kappa shape index (κ2) is 9.03. The van der Waals surface area contributed by atoms with E-state index < -0.39 is 0 Å². The molecule has 1 fully saturated rings. The average molecular weight is 322 g/mol. The Kier molecular flexibility index (Phi) is 6.48. The normalized spacial score (nSPS) is 21.7. The second-order valence-electron chi connectivity index (χ2n) is 7.12. The lowest BCUT2D eigenvalue weighted by Crippen LogP contribution is -2.46. The molecule has 3 rings (SSSR count). The molecule has 1 heterocycles. The zero-order valence-corrected chi connectivity index (χ0v) is 15.0. The van der Waals surface area contributed by atoms with Gasteiger partial charge >= 0.3 is 0 Å². The molecular weight excluding hydrogens is 290 g/mol. The Bertz CT molecular complexity index is 526. The zero-order valence-electron chi connectivity index (χ0n) is 15.0. The minimum absolute atomic E-state index is 0.768. The fourth-order valence-corrected chi connectivity index (χ4v) is 4.31. The van der Waals surface area contributed by atoms with Crippen molar-refractivity contribution >= 4 is 0 Å². The number of hydrogen-bond donors (Lipinski definition) is 0. The molecule has 0 bridgehead atoms. The lowest BCUT2D eigenvalue weighted by atomic mass is 9.89. The van der Waals surface area contributed by atoms with E-state index in [4.69, 9.17) is 0 Å². The molecule has 0 N–H and O–H groups in total. The SMILES string of the molecule is CCN1C(CCc2ccccc2)CCCC1CCc1ccccc1. The van der Waals surface area contributed by atoms with Crippen LogP contribution in [0.3, 0.4) is 0 Å². The monoisotopic (exact) mass is 321 g/mol. The van der Waals surface area contributed by atoms with Crippen LogP contribution in [-0.4, -0.2) is 23.5 Å². The molecule has 0 radical (unpaired) electrons. The molecular formula is C23H31N. The molecule has 1 aliphatic heterocycles. The van der Waals surface area contributed by atoms with Crippen LogP contribution in [0, 0.1) is 0 Å². The molecule has 2 atom stereocenters. The third-order valence-electron chi connectivity index (χ3n) is 5.60. The summed E-state index contributed by atoms with van der Waals surface area (Å²) in [5, 5.41) is 0. The first-order valence-electron chi connectivity index (χ1n) is 9.70. The molecule has 1 nitrogen and oxygen atoms in total. The van der Waals surface area contributed by atoms with Crippen molar-refractivity contribution in [2.24, 2.45) is 0 Å². The lowest BCUT2D eigenvalue weighted by Gasteiger charge is -2.42. The third kappa shape index (κ3) is 4.70. The molecule has 0 saturated carbocycles. The summed E-state index contributed by atoms with van der Waals surface area (Å²) in [5.74, 6) is 0. The predicted molar refractivity (Wildman–Crippen MR) is 103 cm³/mol. The quantitative estimate of drug-likeness (QED) is 0.651. The fourth-order valence-electron chi connectivity index (χ4n) is 4.31. The fraction of sp³-hybridized carbons (Fsp3) is 0.478. The zero-order chi connectivity index (χ0) is 16.6. The molecule has 1 aliphatic rings. The highest BCUT2D eigenvalue weighted by molar-refractivity contribution is 5.16. The highest BCUT2D eigenvalue weighted by Gasteiger charge is 2.28. The van der Waals surface area contributed by atoms with Crippen molar-refractivity contribution in [2.45, 2.75) is 64.0 Å². The first-order chi connectivity index (χ1) is 11.9. The number of likely N-dealkylation sites (tertiary alicyclic amines) is 1. The summed E-state index contributed by atoms with van der Waals surface area (Å²) in [7, 11) is 0. The Balaban J connectivity index is 1.55. The van der Waals surface area contributed by atoms with Gasteiger partial charge in [0.25, 0.3) is 0 Å². The third-order valence-corrected chi connectivity index (χ3v) is 5.60. The van der Waals surface area contributed by atoms with Crippen molar-refractivity contribution in [3.05, 3.63) is 71.8 Å². The van der Waals surface area contributed by atoms with Gasteiger partial charge in [-0.25, -0.2) is 0 Å². The molecule has 2 aromatic carbocycles. The van der Waals surface area contributed by atoms with Gasteiger partial charge in [0.15, 0.2) is 0 Å². The number of hydrogen-bond acceptors (Lipinski definition) is 1. The van der Waals surface area contributed by atoms with Crippen molar-refractivity contribution in [2.75, 3.05) is 6.54 Å². The number of piperidine rings is 1. The van der Waals surface area contributed by atoms with Crippen LogP contribution in [0.2, 0.25) is 0 Å². The van der Waals surface area contributed by atoms with Crippen molar-refractivity contribution < 1.29 is 0 Å². The minimum Gasteiger partial charge on any atom is -0.298 e. The van der Waals surface area contributed by atoms with Gasteiger partial charge < -0.3 is 0 Å². The van der Waals surface area contributed by atoms with Gasteiger partial charge in [-0.15, -0.1) is 0 Å². The van der Waals surface area contributed by atoms with Crippen LogP contribution in [0.4, 0.5) is 0 Å². The summed E-state index contributed by atoms with van der Waals surface area (Å²) in [4.78, 5) is 2.80. The lowest BCUT2D eigenvalue weighted by molar-refractivity contribution is 0.0785. The molecule has 1 heteroatoms. The summed E-state index contributed by atoms with van der Waals surface area (Å²) >= 11 is 0. The van der Waals surface area contributed by atoms with Gasteiger partial charge in [0, 0.05) is 12.1 Å². The van der Waals surface area contributed by atoms with Gasteiger partial charge in [-0.3, -0.25) is 4.90 Å². The summed E-state index contributed by atoms with van der Waals surface area (Å²) in [6.45, 7) is 3.54. The Labute approximate surface area is 147 Å². The molecule has 2 aromatic rings. The highest BCUT2D eigenvalue weighted by atomic mass is 15.2. The molecule has 0 amide bonds. The van der Waals surface area contributed by atoms with Crippen LogP contribution >= 0.6 is 0 Å². The Morgan fingerprint density at radius 2 is 1.21 bits per heavy atom. The number of rotatable bonds is 7. The maximum Gasteiger partial charge on any atom is 0.0101 e. The van der Waals surface area contributed by atoms with E-state index in [0.29, 0.717) is 0 Å². The van der Waals surface area contributed by atoms with Crippen molar-refractivity contribution in [3.8, 4) is 0 Å². The van der Waals surface area contributed by atoms with Gasteiger partial charge in [0.1, 0.15) is 0 Å². The molecule has 0 aliphatic carbocycles. The summed E-state index contributed by atoms with van der Waals surface area (Å²) < 4.78 is 0. The Morgan fingerprint density at radius 3 is 1.62 bits per heavy atom. The molecule has 2 unspecified atom stereocenters. The molecule has 0 aromatic heterocycles. The largest absolute Gasteiger partial charge is 0.298 e. The van der Waals surface area contributed by atoms with Gasteiger partial charge in [-0.1, -0.05) is 74.0 Å². The van der Waals surface area contributed by atoms with Crippen LogP contribution in [0.1, 0.15) is 50.2 Å². The van der Waals surface area contributed by atoms with Gasteiger partial charge in [-0.2, -0.15) is 0 Å². The topological polar surface area (TPSA) is 3.24 Å². The number of benzene rings is 2. The molecule has 24 heavy (non-hydrogen) atoms. The van der Waals surface area contributed by atoms with Crippen molar-refractivity contribution in [1.29, 1.82) is 0 Å². The Hall–Kier alpha value is -1.60. The first kappa shape index (κ1) is 17.2. The number of nitrogens with zero attached hydrogens (tertiary/aromatic N) is 1. The highest BCUT2D eigenvalue weighted by Crippen LogP contribution is 2.28. The number of aryl methyl sites for hydroxylation is 2. The van der Waals surface area contributed by atoms with E-state index in [9.17, 15) is 0 Å². The van der Waals surface area contributed by atoms with Crippen molar-refractivity contribution in [3.63, 3.8) is 0 Å². The first-order valence-corrected chi connectivity index (χ1v) is 9.70. The van der Waals surface area contributed by atoms with E-state index in [1.807, 2.05) is 0 Å². The van der Waals surface area contributed by atoms with E-state index in [-0.39, 0.29) is 0 Å². The van der Waals surface area contributed by atoms with Crippen LogP contribution in [0.25, 0.3) is 0 Å². The van der Waals surface area contributed by atoms with Gasteiger partial charge in [-0.05, 0) is 56.2 Å². The molecule has 128 valence electrons. The molecule has 1 saturated heterocycles. The maximum absolute atomic E-state index is 2.80. The van der Waals surface area contributed by atoms with E-state index in [1.54, 1.807) is 0 Å². The van der Waals surface area contributed by atoms with E-state index >= 15 is 0 Å². The van der Waals surface area contributed by atoms with E-state index in [1.165, 1.54) is 62.6 Å². The van der Waals surface area contributed by atoms with Crippen LogP contribution in [0.5, 0.6) is 0 Å². The van der Waals surface area contributed by atoms with Crippen LogP contribution in [0.15, 0.2) is 60.7 Å². The maximum atomic E-state index is 2.80. The predicted octanol–water partition coefficient (Wildman–Crippen LogP) is 5.50. The second-order valence-corrected chi connectivity index (χ2v) is 7.12. The van der Waals surface area contributed by atoms with E-state index in [2.05, 4.69) is 72.5 Å². The van der Waals surface area contributed by atoms with Crippen LogP contribution in [-0.2, 0) is 12.8 Å². The Morgan fingerprint density at radius 1 is 0.750 bits per heavy atom. The van der Waals surface area contributed by atoms with Gasteiger partial charge in [0.05, 0.1) is 0 Å². The summed E-state index contributed by atoms with van der Waals surface area (Å²) in [6.07, 6.45) is 9.20. The summed E-state index contributed by atoms with van der Waals surface area (Å²) in [5.41, 5.74) is 2.97. The van der Waals surface area contributed by atoms with Gasteiger partial charge in [0.2, 0.25) is 0 Å². The van der Waals surface area contributed by atoms with Crippen molar-refractivity contribution in [1.82, 2.24) is 4.90 Å².